The van der Waals surface area contributed by atoms with Crippen LogP contribution in [0, 0.1) is 11.8 Å². The molecule has 1 N–H and O–H groups in total. The van der Waals surface area contributed by atoms with Gasteiger partial charge in [0.25, 0.3) is 0 Å². The van der Waals surface area contributed by atoms with E-state index in [-0.39, 0.29) is 114 Å². The molecule has 5 rings (SSSR count). The third-order valence-corrected chi connectivity index (χ3v) is 7.05. The predicted octanol–water partition coefficient (Wildman–Crippen LogP) is -3.14. The van der Waals surface area contributed by atoms with Crippen LogP contribution in [0.1, 0.15) is 47.2 Å². The number of aromatic nitrogens is 4. The van der Waals surface area contributed by atoms with E-state index >= 15 is 0 Å². The largest absolute Gasteiger partial charge is 1.00 e. The van der Waals surface area contributed by atoms with Crippen LogP contribution < -0.4 is 118 Å². The van der Waals surface area contributed by atoms with Crippen molar-refractivity contribution in [1.82, 2.24) is 20.6 Å². The van der Waals surface area contributed by atoms with E-state index in [2.05, 4.69) is 20.6 Å². The van der Waals surface area contributed by atoms with E-state index in [0.29, 0.717) is 39.7 Å². The SMILES string of the molecule is O=C([O-])[O-].O=C1c2c(cc(OCc3ccc(-c4nn[nH]n4)cc3)c(Cl)c2Cl)CC1C1CCCC1.[K+].[K+]. The van der Waals surface area contributed by atoms with Gasteiger partial charge in [0.15, 0.2) is 5.78 Å². The molecule has 0 radical (unpaired) electrons. The Labute approximate surface area is 302 Å². The number of rotatable bonds is 5. The van der Waals surface area contributed by atoms with E-state index in [9.17, 15) is 4.79 Å². The maximum atomic E-state index is 13.0. The Kier molecular flexibility index (Phi) is 13.5. The van der Waals surface area contributed by atoms with Crippen LogP contribution in [0.15, 0.2) is 30.3 Å². The number of halogens is 2. The van der Waals surface area contributed by atoms with Gasteiger partial charge in [-0.15, -0.1) is 10.2 Å². The van der Waals surface area contributed by atoms with Crippen molar-refractivity contribution in [2.24, 2.45) is 11.8 Å². The van der Waals surface area contributed by atoms with Crippen LogP contribution >= 0.6 is 23.2 Å². The van der Waals surface area contributed by atoms with Crippen LogP contribution in [0.2, 0.25) is 10.0 Å². The number of benzene rings is 2. The summed E-state index contributed by atoms with van der Waals surface area (Å²) >= 11 is 13.0. The molecular weight excluding hydrogens is 561 g/mol. The van der Waals surface area contributed by atoms with Crippen LogP contribution in [-0.2, 0) is 13.0 Å². The molecule has 1 unspecified atom stereocenters. The van der Waals surface area contributed by atoms with Crippen LogP contribution in [0.5, 0.6) is 5.75 Å². The van der Waals surface area contributed by atoms with Crippen LogP contribution in [0.25, 0.3) is 11.4 Å². The molecule has 0 bridgehead atoms. The molecule has 1 aromatic heterocycles. The molecule has 13 heteroatoms. The molecule has 2 aliphatic carbocycles. The second kappa shape index (κ2) is 15.0. The molecule has 0 amide bonds. The average Bonchev–Trinajstić information content (AvgIpc) is 3.57. The monoisotopic (exact) mass is 580 g/mol. The van der Waals surface area contributed by atoms with Gasteiger partial charge in [-0.25, -0.2) is 0 Å². The van der Waals surface area contributed by atoms with Gasteiger partial charge in [-0.1, -0.05) is 60.3 Å². The van der Waals surface area contributed by atoms with Gasteiger partial charge in [-0.3, -0.25) is 4.79 Å². The van der Waals surface area contributed by atoms with E-state index in [1.807, 2.05) is 30.3 Å². The zero-order valence-corrected chi connectivity index (χ0v) is 27.7. The van der Waals surface area contributed by atoms with Crippen molar-refractivity contribution < 1.29 is 127 Å². The predicted molar refractivity (Wildman–Crippen MR) is 119 cm³/mol. The van der Waals surface area contributed by atoms with Crippen molar-refractivity contribution in [2.75, 3.05) is 0 Å². The van der Waals surface area contributed by atoms with Gasteiger partial charge < -0.3 is 19.7 Å². The van der Waals surface area contributed by atoms with Gasteiger partial charge >= 0.3 is 103 Å². The van der Waals surface area contributed by atoms with Crippen LogP contribution in [-0.4, -0.2) is 32.6 Å². The second-order valence-electron chi connectivity index (χ2n) is 8.23. The zero-order chi connectivity index (χ0) is 24.2. The van der Waals surface area contributed by atoms with Crippen LogP contribution in [0.3, 0.4) is 0 Å². The molecule has 178 valence electrons. The minimum absolute atomic E-state index is 0. The first-order chi connectivity index (χ1) is 16.3. The summed E-state index contributed by atoms with van der Waals surface area (Å²) in [6.45, 7) is 0.335. The van der Waals surface area contributed by atoms with E-state index in [1.165, 1.54) is 12.8 Å². The van der Waals surface area contributed by atoms with Crippen molar-refractivity contribution in [3.05, 3.63) is 57.1 Å². The van der Waals surface area contributed by atoms with E-state index in [1.54, 1.807) is 0 Å². The Morgan fingerprint density at radius 3 is 2.31 bits per heavy atom. The molecule has 1 heterocycles. The van der Waals surface area contributed by atoms with Crippen LogP contribution in [0.4, 0.5) is 4.79 Å². The van der Waals surface area contributed by atoms with Crippen molar-refractivity contribution in [1.29, 1.82) is 0 Å². The van der Waals surface area contributed by atoms with Gasteiger partial charge in [0.1, 0.15) is 17.4 Å². The first kappa shape index (κ1) is 32.3. The summed E-state index contributed by atoms with van der Waals surface area (Å²) in [6.07, 6.45) is 3.06. The zero-order valence-electron chi connectivity index (χ0n) is 19.9. The van der Waals surface area contributed by atoms with Gasteiger partial charge in [-0.2, -0.15) is 5.21 Å². The Balaban J connectivity index is 0.000000710. The molecule has 36 heavy (non-hydrogen) atoms. The number of H-pyrrole nitrogens is 1. The summed E-state index contributed by atoms with van der Waals surface area (Å²) in [5, 5.41) is 31.2. The topological polar surface area (TPSA) is 144 Å². The fourth-order valence-corrected chi connectivity index (χ4v) is 5.15. The number of fused-ring (bicyclic) bond motifs is 1. The number of hydrogen-bond acceptors (Lipinski definition) is 8. The summed E-state index contributed by atoms with van der Waals surface area (Å²) in [5.74, 6) is 1.69. The molecular formula is C23H20Cl2K2N4O5. The molecule has 9 nitrogen and oxygen atoms in total. The number of carbonyl (C=O) groups is 2. The minimum atomic E-state index is -2.33. The summed E-state index contributed by atoms with van der Waals surface area (Å²) < 4.78 is 5.98. The van der Waals surface area contributed by atoms with Gasteiger partial charge in [0.05, 0.1) is 5.02 Å². The number of hydrogen-bond donors (Lipinski definition) is 1. The average molecular weight is 582 g/mol. The summed E-state index contributed by atoms with van der Waals surface area (Å²) in [6, 6.07) is 9.59. The minimum Gasteiger partial charge on any atom is -0.652 e. The maximum absolute atomic E-state index is 13.0. The molecule has 1 atom stereocenters. The van der Waals surface area contributed by atoms with Crippen molar-refractivity contribution in [2.45, 2.75) is 38.7 Å². The van der Waals surface area contributed by atoms with Crippen molar-refractivity contribution in [3.8, 4) is 17.1 Å². The fraction of sp³-hybridized carbons (Fsp3) is 0.348. The molecule has 0 spiro atoms. The summed E-state index contributed by atoms with van der Waals surface area (Å²) in [4.78, 5) is 21.3. The van der Waals surface area contributed by atoms with E-state index < -0.39 is 6.16 Å². The number of Topliss-reactive ketones (excluding diaryl/α,β-unsaturated/α-hetero) is 1. The molecule has 3 aromatic rings. The van der Waals surface area contributed by atoms with Gasteiger partial charge in [0, 0.05) is 17.0 Å². The number of ketones is 1. The third-order valence-electron chi connectivity index (χ3n) is 6.20. The molecule has 2 aromatic carbocycles. The fourth-order valence-electron chi connectivity index (χ4n) is 4.64. The second-order valence-corrected chi connectivity index (χ2v) is 8.98. The number of carboxylic acid groups (broad SMARTS) is 2. The smallest absolute Gasteiger partial charge is 0.652 e. The first-order valence-corrected chi connectivity index (χ1v) is 11.5. The third kappa shape index (κ3) is 7.83. The Morgan fingerprint density at radius 1 is 1.08 bits per heavy atom. The molecule has 0 saturated heterocycles. The Hall–Kier alpha value is 0.103. The number of nitrogens with one attached hydrogen (secondary N) is 1. The number of carbonyl (C=O) groups excluding carboxylic acids is 2. The molecule has 1 fully saturated rings. The summed E-state index contributed by atoms with van der Waals surface area (Å²) in [5.41, 5.74) is 3.38. The first-order valence-electron chi connectivity index (χ1n) is 10.7. The Bertz CT molecular complexity index is 1190. The molecule has 2 aliphatic rings. The number of ether oxygens (including phenoxy) is 1. The van der Waals surface area contributed by atoms with Gasteiger partial charge in [0.2, 0.25) is 5.82 Å². The van der Waals surface area contributed by atoms with E-state index in [4.69, 9.17) is 42.9 Å². The molecule has 1 saturated carbocycles. The molecule has 0 aliphatic heterocycles. The summed E-state index contributed by atoms with van der Waals surface area (Å²) in [7, 11) is 0. The normalized spacial score (nSPS) is 16.3. The number of tetrazole rings is 1. The Morgan fingerprint density at radius 2 is 1.72 bits per heavy atom. The standard InChI is InChI=1S/C22H20Cl2N4O2.CH2O3.2K/c23-19-17(30-11-12-5-7-14(8-6-12)22-25-27-28-26-22)10-15-9-16(13-3-1-2-4-13)21(29)18(15)20(19)24;2-1(3)4;;/h5-8,10,13,16H,1-4,9,11H2,(H,25,26,27,28);(H2,2,3,4);;/q;;2*+1/p-2. The van der Waals surface area contributed by atoms with E-state index in [0.717, 1.165) is 36.0 Å². The maximum Gasteiger partial charge on any atom is 1.00 e. The quantitative estimate of drug-likeness (QED) is 0.312. The number of aromatic amines is 1. The van der Waals surface area contributed by atoms with Crippen molar-refractivity contribution in [3.63, 3.8) is 0 Å². The van der Waals surface area contributed by atoms with Crippen molar-refractivity contribution >= 4 is 35.1 Å². The number of nitrogens with zero attached hydrogens (tertiary/aromatic N) is 3. The van der Waals surface area contributed by atoms with Gasteiger partial charge in [-0.05, 0) is 53.7 Å².